The van der Waals surface area contributed by atoms with Gasteiger partial charge in [0.15, 0.2) is 0 Å². The van der Waals surface area contributed by atoms with Crippen molar-refractivity contribution in [3.05, 3.63) is 29.3 Å². The second-order valence-electron chi connectivity index (χ2n) is 5.37. The van der Waals surface area contributed by atoms with Crippen molar-refractivity contribution in [1.82, 2.24) is 0 Å². The fraction of sp³-hybridized carbons (Fsp3) is 0.375. The van der Waals surface area contributed by atoms with Gasteiger partial charge in [0.05, 0.1) is 5.56 Å². The van der Waals surface area contributed by atoms with Crippen LogP contribution in [-0.4, -0.2) is 29.0 Å². The van der Waals surface area contributed by atoms with Crippen LogP contribution in [0.3, 0.4) is 0 Å². The van der Waals surface area contributed by atoms with Crippen LogP contribution in [0.15, 0.2) is 18.2 Å². The predicted molar refractivity (Wildman–Crippen MR) is 81.8 cm³/mol. The second-order valence-corrected chi connectivity index (χ2v) is 5.37. The van der Waals surface area contributed by atoms with Crippen LogP contribution in [-0.2, 0) is 11.2 Å². The molecule has 1 aliphatic rings. The highest BCUT2D eigenvalue weighted by Gasteiger charge is 2.37. The maximum absolute atomic E-state index is 11.9. The van der Waals surface area contributed by atoms with Gasteiger partial charge in [0.1, 0.15) is 11.5 Å². The molecule has 0 saturated heterocycles. The maximum Gasteiger partial charge on any atom is 0.526 e. The number of fused-ring (bicyclic) bond motifs is 1. The van der Waals surface area contributed by atoms with Crippen LogP contribution in [0.4, 0.5) is 0 Å². The number of carbonyl (C=O) groups is 2. The lowest BCUT2D eigenvalue weighted by atomic mass is 9.64. The number of carbonyl (C=O) groups excluding carboxylic acids is 1. The van der Waals surface area contributed by atoms with Crippen molar-refractivity contribution in [2.75, 3.05) is 0 Å². The number of aromatic carboxylic acids is 1. The normalized spacial score (nSPS) is 16.4. The average Bonchev–Trinajstić information content (AvgIpc) is 2.47. The first-order chi connectivity index (χ1) is 10.5. The number of unbranched alkanes of at least 4 members (excludes halogenated alkanes) is 1. The number of terminal acetylenes is 1. The predicted octanol–water partition coefficient (Wildman–Crippen LogP) is 1.93. The van der Waals surface area contributed by atoms with E-state index >= 15 is 0 Å². The third-order valence-electron chi connectivity index (χ3n) is 3.72. The highest BCUT2D eigenvalue weighted by atomic mass is 16.5. The largest absolute Gasteiger partial charge is 0.535 e. The van der Waals surface area contributed by atoms with E-state index in [2.05, 4.69) is 5.92 Å². The molecule has 0 bridgehead atoms. The summed E-state index contributed by atoms with van der Waals surface area (Å²) in [6.45, 7) is 0. The molecule has 1 aromatic carbocycles. The quantitative estimate of drug-likeness (QED) is 0.476. The first-order valence-corrected chi connectivity index (χ1v) is 7.18. The molecule has 22 heavy (non-hydrogen) atoms. The van der Waals surface area contributed by atoms with Crippen LogP contribution in [0.5, 0.6) is 5.75 Å². The van der Waals surface area contributed by atoms with Crippen molar-refractivity contribution < 1.29 is 24.4 Å². The van der Waals surface area contributed by atoms with Gasteiger partial charge >= 0.3 is 13.1 Å². The smallest absolute Gasteiger partial charge is 0.526 e. The summed E-state index contributed by atoms with van der Waals surface area (Å²) in [7, 11) is -1.18. The summed E-state index contributed by atoms with van der Waals surface area (Å²) >= 11 is 0. The molecular formula is C16H17BO5. The number of rotatable bonds is 6. The molecule has 1 aromatic rings. The molecule has 0 radical (unpaired) electrons. The molecule has 1 heterocycles. The van der Waals surface area contributed by atoms with Gasteiger partial charge in [-0.25, -0.2) is 4.79 Å². The standard InChI is InChI=1S/C16H17BO5/c1-2-3-4-7-13(18)10-12-9-11-6-5-8-14(16(19)20)15(11)22-17(12)21/h1,5-6,8,12,21H,3-4,7,9-10H2,(H,19,20)/t12-/m1/s1. The van der Waals surface area contributed by atoms with Crippen molar-refractivity contribution in [3.63, 3.8) is 0 Å². The minimum Gasteiger partial charge on any atom is -0.535 e. The Morgan fingerprint density at radius 3 is 2.91 bits per heavy atom. The molecule has 114 valence electrons. The Kier molecular flexibility index (Phi) is 5.23. The topological polar surface area (TPSA) is 83.8 Å². The molecule has 0 unspecified atom stereocenters. The van der Waals surface area contributed by atoms with Gasteiger partial charge in [-0.3, -0.25) is 4.79 Å². The summed E-state index contributed by atoms with van der Waals surface area (Å²) in [4.78, 5) is 23.0. The Labute approximate surface area is 129 Å². The lowest BCUT2D eigenvalue weighted by molar-refractivity contribution is -0.119. The van der Waals surface area contributed by atoms with Gasteiger partial charge in [0.2, 0.25) is 0 Å². The van der Waals surface area contributed by atoms with E-state index in [1.54, 1.807) is 12.1 Å². The maximum atomic E-state index is 11.9. The van der Waals surface area contributed by atoms with Crippen LogP contribution >= 0.6 is 0 Å². The van der Waals surface area contributed by atoms with E-state index in [4.69, 9.17) is 16.2 Å². The Bertz CT molecular complexity index is 619. The molecule has 0 saturated carbocycles. The Balaban J connectivity index is 2.06. The zero-order valence-electron chi connectivity index (χ0n) is 12.1. The first kappa shape index (κ1) is 16.1. The monoisotopic (exact) mass is 300 g/mol. The number of hydrogen-bond acceptors (Lipinski definition) is 4. The molecule has 0 spiro atoms. The molecule has 2 N–H and O–H groups in total. The number of benzene rings is 1. The minimum atomic E-state index is -1.18. The number of Topliss-reactive ketones (excluding diaryl/α,β-unsaturated/α-hetero) is 1. The van der Waals surface area contributed by atoms with Crippen LogP contribution in [0.1, 0.15) is 41.6 Å². The zero-order chi connectivity index (χ0) is 16.1. The number of carboxylic acid groups (broad SMARTS) is 1. The number of carboxylic acids is 1. The summed E-state index contributed by atoms with van der Waals surface area (Å²) in [5, 5.41) is 19.2. The van der Waals surface area contributed by atoms with Gasteiger partial charge in [0.25, 0.3) is 0 Å². The number of para-hydroxylation sites is 1. The van der Waals surface area contributed by atoms with Crippen molar-refractivity contribution in [2.24, 2.45) is 0 Å². The van der Waals surface area contributed by atoms with E-state index in [1.165, 1.54) is 6.07 Å². The minimum absolute atomic E-state index is 0.0235. The fourth-order valence-electron chi connectivity index (χ4n) is 2.61. The Morgan fingerprint density at radius 2 is 2.23 bits per heavy atom. The fourth-order valence-corrected chi connectivity index (χ4v) is 2.61. The van der Waals surface area contributed by atoms with E-state index in [-0.39, 0.29) is 29.3 Å². The summed E-state index contributed by atoms with van der Waals surface area (Å²) < 4.78 is 5.35. The second kappa shape index (κ2) is 7.14. The highest BCUT2D eigenvalue weighted by molar-refractivity contribution is 6.47. The SMILES string of the molecule is C#CCCCC(=O)C[C@H]1Cc2cccc(C(=O)O)c2OB1O. The molecule has 0 aliphatic carbocycles. The van der Waals surface area contributed by atoms with E-state index in [9.17, 15) is 14.6 Å². The Morgan fingerprint density at radius 1 is 1.45 bits per heavy atom. The van der Waals surface area contributed by atoms with Crippen molar-refractivity contribution in [3.8, 4) is 18.1 Å². The van der Waals surface area contributed by atoms with E-state index in [0.717, 1.165) is 0 Å². The van der Waals surface area contributed by atoms with Crippen molar-refractivity contribution in [2.45, 2.75) is 37.9 Å². The van der Waals surface area contributed by atoms with Gasteiger partial charge in [-0.05, 0) is 24.5 Å². The highest BCUT2D eigenvalue weighted by Crippen LogP contribution is 2.36. The molecule has 0 fully saturated rings. The molecule has 0 aromatic heterocycles. The van der Waals surface area contributed by atoms with Crippen molar-refractivity contribution in [1.29, 1.82) is 0 Å². The molecular weight excluding hydrogens is 283 g/mol. The summed E-state index contributed by atoms with van der Waals surface area (Å²) in [6, 6.07) is 4.82. The number of hydrogen-bond donors (Lipinski definition) is 2. The molecule has 5 nitrogen and oxygen atoms in total. The van der Waals surface area contributed by atoms with Crippen LogP contribution in [0.2, 0.25) is 5.82 Å². The lowest BCUT2D eigenvalue weighted by Crippen LogP contribution is -2.35. The summed E-state index contributed by atoms with van der Waals surface area (Å²) in [5.74, 6) is 1.24. The number of ketones is 1. The van der Waals surface area contributed by atoms with Gasteiger partial charge in [-0.15, -0.1) is 12.3 Å². The summed E-state index contributed by atoms with van der Waals surface area (Å²) in [6.07, 6.45) is 7.33. The van der Waals surface area contributed by atoms with Gasteiger partial charge in [-0.1, -0.05) is 12.1 Å². The molecule has 2 rings (SSSR count). The zero-order valence-corrected chi connectivity index (χ0v) is 12.1. The first-order valence-electron chi connectivity index (χ1n) is 7.18. The van der Waals surface area contributed by atoms with E-state index in [0.29, 0.717) is 31.2 Å². The molecule has 6 heteroatoms. The van der Waals surface area contributed by atoms with Crippen LogP contribution in [0.25, 0.3) is 0 Å². The molecule has 1 atom stereocenters. The summed E-state index contributed by atoms with van der Waals surface area (Å²) in [5.41, 5.74) is 0.724. The van der Waals surface area contributed by atoms with E-state index in [1.807, 2.05) is 0 Å². The molecule has 1 aliphatic heterocycles. The molecule has 0 amide bonds. The van der Waals surface area contributed by atoms with E-state index < -0.39 is 13.1 Å². The van der Waals surface area contributed by atoms with Crippen LogP contribution < -0.4 is 4.65 Å². The van der Waals surface area contributed by atoms with Gasteiger partial charge < -0.3 is 14.8 Å². The lowest BCUT2D eigenvalue weighted by Gasteiger charge is -2.28. The third kappa shape index (κ3) is 3.69. The Hall–Kier alpha value is -2.26. The van der Waals surface area contributed by atoms with Crippen molar-refractivity contribution >= 4 is 18.9 Å². The third-order valence-corrected chi connectivity index (χ3v) is 3.72. The van der Waals surface area contributed by atoms with Gasteiger partial charge in [0, 0.05) is 25.1 Å². The van der Waals surface area contributed by atoms with Gasteiger partial charge in [-0.2, -0.15) is 0 Å². The van der Waals surface area contributed by atoms with Crippen LogP contribution in [0, 0.1) is 12.3 Å². The average molecular weight is 300 g/mol.